The van der Waals surface area contributed by atoms with Gasteiger partial charge in [-0.15, -0.1) is 0 Å². The Kier molecular flexibility index (Phi) is 7.49. The molecule has 0 aliphatic carbocycles. The van der Waals surface area contributed by atoms with E-state index in [1.165, 1.54) is 0 Å². The normalized spacial score (nSPS) is 10.3. The van der Waals surface area contributed by atoms with Gasteiger partial charge < -0.3 is 22.1 Å². The summed E-state index contributed by atoms with van der Waals surface area (Å²) in [5, 5.41) is 5.79. The lowest BCUT2D eigenvalue weighted by Gasteiger charge is -2.07. The molecule has 0 unspecified atom stereocenters. The van der Waals surface area contributed by atoms with Crippen LogP contribution in [0.2, 0.25) is 0 Å². The van der Waals surface area contributed by atoms with E-state index in [1.807, 2.05) is 0 Å². The van der Waals surface area contributed by atoms with E-state index in [0.29, 0.717) is 35.6 Å². The number of hydrogen-bond donors (Lipinski definition) is 4. The third-order valence-corrected chi connectivity index (χ3v) is 4.02. The molecule has 2 aromatic carbocycles. The average Bonchev–Trinajstić information content (AvgIpc) is 2.64. The van der Waals surface area contributed by atoms with Crippen LogP contribution in [0.4, 0.5) is 11.4 Å². The van der Waals surface area contributed by atoms with Crippen LogP contribution in [0.25, 0.3) is 0 Å². The van der Waals surface area contributed by atoms with Crippen molar-refractivity contribution in [3.63, 3.8) is 0 Å². The molecule has 0 saturated heterocycles. The molecule has 0 heterocycles. The average molecular weight is 354 g/mol. The van der Waals surface area contributed by atoms with E-state index in [-0.39, 0.29) is 11.8 Å². The minimum absolute atomic E-state index is 0.0826. The lowest BCUT2D eigenvalue weighted by Crippen LogP contribution is -2.25. The topological polar surface area (TPSA) is 110 Å². The highest BCUT2D eigenvalue weighted by Gasteiger charge is 2.05. The molecule has 0 fully saturated rings. The number of carbonyl (C=O) groups is 2. The quantitative estimate of drug-likeness (QED) is 0.410. The van der Waals surface area contributed by atoms with E-state index in [0.717, 1.165) is 25.7 Å². The van der Waals surface area contributed by atoms with Crippen LogP contribution < -0.4 is 22.1 Å². The molecule has 6 nitrogen and oxygen atoms in total. The van der Waals surface area contributed by atoms with Gasteiger partial charge in [0.2, 0.25) is 0 Å². The summed E-state index contributed by atoms with van der Waals surface area (Å²) in [7, 11) is 0. The smallest absolute Gasteiger partial charge is 0.251 e. The van der Waals surface area contributed by atoms with E-state index in [1.54, 1.807) is 48.5 Å². The molecule has 0 aromatic heterocycles. The predicted octanol–water partition coefficient (Wildman–Crippen LogP) is 2.57. The molecular weight excluding hydrogens is 328 g/mol. The summed E-state index contributed by atoms with van der Waals surface area (Å²) in [6.07, 6.45) is 3.82. The molecule has 0 saturated carbocycles. The summed E-state index contributed by atoms with van der Waals surface area (Å²) >= 11 is 0. The Bertz CT molecular complexity index is 648. The molecule has 6 heteroatoms. The number of nitrogens with one attached hydrogen (secondary N) is 2. The highest BCUT2D eigenvalue weighted by Crippen LogP contribution is 2.06. The number of nitrogen functional groups attached to an aromatic ring is 2. The third kappa shape index (κ3) is 6.47. The van der Waals surface area contributed by atoms with Crippen molar-refractivity contribution in [2.45, 2.75) is 25.7 Å². The monoisotopic (exact) mass is 354 g/mol. The number of hydrogen-bond acceptors (Lipinski definition) is 4. The number of nitrogens with two attached hydrogens (primary N) is 2. The second-order valence-corrected chi connectivity index (χ2v) is 6.17. The third-order valence-electron chi connectivity index (χ3n) is 4.02. The highest BCUT2D eigenvalue weighted by atomic mass is 16.2. The fraction of sp³-hybridized carbons (Fsp3) is 0.300. The summed E-state index contributed by atoms with van der Waals surface area (Å²) < 4.78 is 0. The standard InChI is InChI=1S/C20H26N4O2/c21-17-9-5-15(6-10-17)19(25)23-13-3-1-2-4-14-24-20(26)16-7-11-18(22)12-8-16/h5-12H,1-4,13-14,21-22H2,(H,23,25)(H,24,26). The number of amides is 2. The van der Waals surface area contributed by atoms with Gasteiger partial charge >= 0.3 is 0 Å². The summed E-state index contributed by atoms with van der Waals surface area (Å²) in [5.74, 6) is -0.165. The molecule has 6 N–H and O–H groups in total. The first-order valence-corrected chi connectivity index (χ1v) is 8.84. The molecule has 2 aromatic rings. The van der Waals surface area contributed by atoms with Gasteiger partial charge in [-0.25, -0.2) is 0 Å². The van der Waals surface area contributed by atoms with Crippen molar-refractivity contribution in [2.24, 2.45) is 0 Å². The summed E-state index contributed by atoms with van der Waals surface area (Å²) in [6.45, 7) is 1.28. The predicted molar refractivity (Wildman–Crippen MR) is 105 cm³/mol. The molecule has 0 atom stereocenters. The van der Waals surface area contributed by atoms with E-state index >= 15 is 0 Å². The maximum atomic E-state index is 11.9. The number of carbonyl (C=O) groups excluding carboxylic acids is 2. The molecule has 2 rings (SSSR count). The van der Waals surface area contributed by atoms with Gasteiger partial charge in [-0.1, -0.05) is 12.8 Å². The van der Waals surface area contributed by atoms with Crippen LogP contribution in [-0.4, -0.2) is 24.9 Å². The molecule has 0 aliphatic rings. The number of rotatable bonds is 9. The van der Waals surface area contributed by atoms with E-state index in [9.17, 15) is 9.59 Å². The van der Waals surface area contributed by atoms with Crippen LogP contribution >= 0.6 is 0 Å². The largest absolute Gasteiger partial charge is 0.399 e. The summed E-state index contributed by atoms with van der Waals surface area (Å²) in [6, 6.07) is 13.7. The van der Waals surface area contributed by atoms with Crippen molar-refractivity contribution in [1.29, 1.82) is 0 Å². The molecule has 2 amide bonds. The molecule has 0 radical (unpaired) electrons. The Morgan fingerprint density at radius 2 is 0.962 bits per heavy atom. The first-order chi connectivity index (χ1) is 12.6. The lowest BCUT2D eigenvalue weighted by molar-refractivity contribution is 0.0943. The fourth-order valence-electron chi connectivity index (χ4n) is 2.48. The second-order valence-electron chi connectivity index (χ2n) is 6.17. The van der Waals surface area contributed by atoms with Crippen LogP contribution in [0.5, 0.6) is 0 Å². The van der Waals surface area contributed by atoms with Crippen LogP contribution in [0.1, 0.15) is 46.4 Å². The highest BCUT2D eigenvalue weighted by molar-refractivity contribution is 5.94. The zero-order chi connectivity index (χ0) is 18.8. The molecule has 0 aliphatic heterocycles. The van der Waals surface area contributed by atoms with Gasteiger partial charge in [-0.05, 0) is 61.4 Å². The fourth-order valence-corrected chi connectivity index (χ4v) is 2.48. The Hall–Kier alpha value is -3.02. The minimum Gasteiger partial charge on any atom is -0.399 e. The van der Waals surface area contributed by atoms with Crippen molar-refractivity contribution >= 4 is 23.2 Å². The first-order valence-electron chi connectivity index (χ1n) is 8.84. The number of benzene rings is 2. The van der Waals surface area contributed by atoms with Gasteiger partial charge in [0.15, 0.2) is 0 Å². The van der Waals surface area contributed by atoms with E-state index in [4.69, 9.17) is 11.5 Å². The SMILES string of the molecule is Nc1ccc(C(=O)NCCCCCCNC(=O)c2ccc(N)cc2)cc1. The Labute approximate surface area is 154 Å². The zero-order valence-electron chi connectivity index (χ0n) is 14.8. The molecule has 138 valence electrons. The molecule has 0 spiro atoms. The van der Waals surface area contributed by atoms with Gasteiger partial charge in [-0.2, -0.15) is 0 Å². The van der Waals surface area contributed by atoms with Crippen LogP contribution in [0.3, 0.4) is 0 Å². The summed E-state index contributed by atoms with van der Waals surface area (Å²) in [4.78, 5) is 23.8. The van der Waals surface area contributed by atoms with Crippen molar-refractivity contribution in [3.8, 4) is 0 Å². The van der Waals surface area contributed by atoms with Crippen molar-refractivity contribution in [3.05, 3.63) is 59.7 Å². The van der Waals surface area contributed by atoms with Gasteiger partial charge in [0.1, 0.15) is 0 Å². The first kappa shape index (κ1) is 19.3. The minimum atomic E-state index is -0.0826. The number of anilines is 2. The zero-order valence-corrected chi connectivity index (χ0v) is 14.8. The Balaban J connectivity index is 1.51. The lowest BCUT2D eigenvalue weighted by atomic mass is 10.1. The van der Waals surface area contributed by atoms with E-state index in [2.05, 4.69) is 10.6 Å². The van der Waals surface area contributed by atoms with E-state index < -0.39 is 0 Å². The van der Waals surface area contributed by atoms with Gasteiger partial charge in [0, 0.05) is 35.6 Å². The molecule has 0 bridgehead atoms. The summed E-state index contributed by atoms with van der Waals surface area (Å²) in [5.41, 5.74) is 13.7. The van der Waals surface area contributed by atoms with Gasteiger partial charge in [0.25, 0.3) is 11.8 Å². The Morgan fingerprint density at radius 3 is 1.31 bits per heavy atom. The van der Waals surface area contributed by atoms with Crippen LogP contribution in [0, 0.1) is 0 Å². The van der Waals surface area contributed by atoms with Crippen LogP contribution in [0.15, 0.2) is 48.5 Å². The maximum absolute atomic E-state index is 11.9. The van der Waals surface area contributed by atoms with Gasteiger partial charge in [-0.3, -0.25) is 9.59 Å². The van der Waals surface area contributed by atoms with Gasteiger partial charge in [0.05, 0.1) is 0 Å². The van der Waals surface area contributed by atoms with Crippen molar-refractivity contribution in [2.75, 3.05) is 24.6 Å². The Morgan fingerprint density at radius 1 is 0.615 bits per heavy atom. The molecular formula is C20H26N4O2. The second kappa shape index (κ2) is 10.1. The maximum Gasteiger partial charge on any atom is 0.251 e. The van der Waals surface area contributed by atoms with Crippen molar-refractivity contribution < 1.29 is 9.59 Å². The van der Waals surface area contributed by atoms with Crippen molar-refractivity contribution in [1.82, 2.24) is 10.6 Å². The molecule has 26 heavy (non-hydrogen) atoms. The number of unbranched alkanes of at least 4 members (excludes halogenated alkanes) is 3. The van der Waals surface area contributed by atoms with Crippen LogP contribution in [-0.2, 0) is 0 Å².